The van der Waals surface area contributed by atoms with E-state index in [1.165, 1.54) is 5.56 Å². The fraction of sp³-hybridized carbons (Fsp3) is 0.111. The van der Waals surface area contributed by atoms with Crippen LogP contribution in [-0.2, 0) is 15.5 Å². The second-order valence-corrected chi connectivity index (χ2v) is 6.24. The molecule has 0 bridgehead atoms. The molecular formula is C9H8ClNS2. The summed E-state index contributed by atoms with van der Waals surface area (Å²) >= 11 is 5.75. The minimum Gasteiger partial charge on any atom is -0.204 e. The van der Waals surface area contributed by atoms with E-state index in [4.69, 9.17) is 11.6 Å². The van der Waals surface area contributed by atoms with Crippen molar-refractivity contribution in [2.45, 2.75) is 5.75 Å². The van der Waals surface area contributed by atoms with Gasteiger partial charge < -0.3 is 0 Å². The first-order chi connectivity index (χ1) is 6.34. The van der Waals surface area contributed by atoms with Crippen LogP contribution in [0.15, 0.2) is 45.3 Å². The maximum Gasteiger partial charge on any atom is 0.144 e. The Morgan fingerprint density at radius 1 is 1.31 bits per heavy atom. The zero-order valence-corrected chi connectivity index (χ0v) is 9.20. The summed E-state index contributed by atoms with van der Waals surface area (Å²) in [6.07, 6.45) is 0. The number of halogens is 1. The van der Waals surface area contributed by atoms with Crippen molar-refractivity contribution in [2.75, 3.05) is 0 Å². The zero-order valence-electron chi connectivity index (χ0n) is 6.81. The van der Waals surface area contributed by atoms with Gasteiger partial charge in [0.05, 0.1) is 0 Å². The van der Waals surface area contributed by atoms with Crippen molar-refractivity contribution < 1.29 is 0 Å². The lowest BCUT2D eigenvalue weighted by Crippen LogP contribution is -1.86. The van der Waals surface area contributed by atoms with Crippen LogP contribution < -0.4 is 0 Å². The molecule has 1 unspecified atom stereocenters. The van der Waals surface area contributed by atoms with E-state index in [2.05, 4.69) is 28.6 Å². The Hall–Kier alpha value is -0.250. The van der Waals surface area contributed by atoms with E-state index in [-0.39, 0.29) is 9.72 Å². The molecule has 0 aliphatic carbocycles. The molecule has 0 amide bonds. The maximum absolute atomic E-state index is 5.75. The summed E-state index contributed by atoms with van der Waals surface area (Å²) in [6.45, 7) is 0. The molecule has 1 aliphatic heterocycles. The number of hydrogen-bond acceptors (Lipinski definition) is 2. The highest BCUT2D eigenvalue weighted by Gasteiger charge is 2.06. The van der Waals surface area contributed by atoms with Gasteiger partial charge in [0.25, 0.3) is 0 Å². The van der Waals surface area contributed by atoms with Crippen molar-refractivity contribution in [3.63, 3.8) is 0 Å². The fourth-order valence-corrected chi connectivity index (χ4v) is 4.48. The fourth-order valence-electron chi connectivity index (χ4n) is 1.02. The molecule has 0 aromatic heterocycles. The van der Waals surface area contributed by atoms with E-state index in [1.54, 1.807) is 10.8 Å². The minimum absolute atomic E-state index is 0.00877. The zero-order chi connectivity index (χ0) is 9.10. The lowest BCUT2D eigenvalue weighted by Gasteiger charge is -1.99. The van der Waals surface area contributed by atoms with Gasteiger partial charge in [-0.2, -0.15) is 0 Å². The Morgan fingerprint density at radius 2 is 2.08 bits per heavy atom. The van der Waals surface area contributed by atoms with Crippen LogP contribution in [0.2, 0.25) is 0 Å². The third-order valence-electron chi connectivity index (χ3n) is 1.58. The van der Waals surface area contributed by atoms with Crippen LogP contribution >= 0.6 is 22.4 Å². The molecule has 0 N–H and O–H groups in total. The summed E-state index contributed by atoms with van der Waals surface area (Å²) in [6, 6.07) is 10.4. The lowest BCUT2D eigenvalue weighted by atomic mass is 10.2. The van der Waals surface area contributed by atoms with Gasteiger partial charge in [0.15, 0.2) is 0 Å². The molecule has 0 fully saturated rings. The topological polar surface area (TPSA) is 12.4 Å². The molecule has 0 saturated heterocycles. The predicted octanol–water partition coefficient (Wildman–Crippen LogP) is 3.69. The van der Waals surface area contributed by atoms with E-state index in [9.17, 15) is 0 Å². The quantitative estimate of drug-likeness (QED) is 0.557. The van der Waals surface area contributed by atoms with Gasteiger partial charge >= 0.3 is 0 Å². The smallest absolute Gasteiger partial charge is 0.144 e. The molecule has 68 valence electrons. The van der Waals surface area contributed by atoms with Gasteiger partial charge in [-0.3, -0.25) is 0 Å². The lowest BCUT2D eigenvalue weighted by molar-refractivity contribution is 1.41. The van der Waals surface area contributed by atoms with Crippen molar-refractivity contribution in [3.05, 3.63) is 46.5 Å². The van der Waals surface area contributed by atoms with Gasteiger partial charge in [0.2, 0.25) is 0 Å². The Labute approximate surface area is 88.7 Å². The van der Waals surface area contributed by atoms with E-state index in [0.29, 0.717) is 5.16 Å². The number of nitrogens with zero attached hydrogens (tertiary/aromatic N) is 1. The molecule has 4 heteroatoms. The Bertz CT molecular complexity index is 359. The van der Waals surface area contributed by atoms with Gasteiger partial charge in [0.1, 0.15) is 5.16 Å². The van der Waals surface area contributed by atoms with Crippen molar-refractivity contribution in [1.82, 2.24) is 0 Å². The molecule has 1 aromatic carbocycles. The number of hydrogen-bond donors (Lipinski definition) is 0. The van der Waals surface area contributed by atoms with E-state index >= 15 is 0 Å². The standard InChI is InChI=1S/C9H8ClNS2/c10-9-6-12-13(11-9)7-8-4-2-1-3-5-8/h1-6H,7H2. The molecule has 1 atom stereocenters. The first-order valence-electron chi connectivity index (χ1n) is 3.84. The van der Waals surface area contributed by atoms with Crippen LogP contribution in [0.3, 0.4) is 0 Å². The highest BCUT2D eigenvalue weighted by atomic mass is 35.5. The van der Waals surface area contributed by atoms with Gasteiger partial charge in [-0.15, -0.1) is 0 Å². The summed E-state index contributed by atoms with van der Waals surface area (Å²) in [5.41, 5.74) is 1.32. The van der Waals surface area contributed by atoms with Crippen LogP contribution in [0, 0.1) is 0 Å². The van der Waals surface area contributed by atoms with Crippen molar-refractivity contribution in [2.24, 2.45) is 4.36 Å². The average Bonchev–Trinajstić information content (AvgIpc) is 2.53. The van der Waals surface area contributed by atoms with Gasteiger partial charge in [0, 0.05) is 11.2 Å². The summed E-state index contributed by atoms with van der Waals surface area (Å²) < 4.78 is 4.30. The third kappa shape index (κ3) is 2.59. The van der Waals surface area contributed by atoms with E-state index < -0.39 is 0 Å². The monoisotopic (exact) mass is 229 g/mol. The Morgan fingerprint density at radius 3 is 2.69 bits per heavy atom. The van der Waals surface area contributed by atoms with Crippen LogP contribution in [0.25, 0.3) is 0 Å². The van der Waals surface area contributed by atoms with Crippen molar-refractivity contribution >= 4 is 32.1 Å². The maximum atomic E-state index is 5.75. The molecule has 0 radical (unpaired) electrons. The summed E-state index contributed by atoms with van der Waals surface area (Å²) in [4.78, 5) is 0. The summed E-state index contributed by atoms with van der Waals surface area (Å²) in [5, 5.41) is 2.55. The average molecular weight is 230 g/mol. The second kappa shape index (κ2) is 4.31. The van der Waals surface area contributed by atoms with Crippen LogP contribution in [0.1, 0.15) is 5.56 Å². The van der Waals surface area contributed by atoms with Crippen LogP contribution in [0.5, 0.6) is 0 Å². The molecule has 1 heterocycles. The predicted molar refractivity (Wildman–Crippen MR) is 61.5 cm³/mol. The molecule has 2 rings (SSSR count). The highest BCUT2D eigenvalue weighted by molar-refractivity contribution is 8.71. The SMILES string of the molecule is ClC1=CSS(Cc2ccccc2)=N1. The van der Waals surface area contributed by atoms with Crippen molar-refractivity contribution in [3.8, 4) is 0 Å². The second-order valence-electron chi connectivity index (χ2n) is 2.58. The van der Waals surface area contributed by atoms with Gasteiger partial charge in [-0.25, -0.2) is 4.36 Å². The van der Waals surface area contributed by atoms with E-state index in [0.717, 1.165) is 5.75 Å². The van der Waals surface area contributed by atoms with Crippen LogP contribution in [-0.4, -0.2) is 0 Å². The Kier molecular flexibility index (Phi) is 3.09. The number of rotatable bonds is 2. The molecule has 1 aromatic rings. The minimum atomic E-state index is 0.00877. The molecule has 0 saturated carbocycles. The van der Waals surface area contributed by atoms with Crippen LogP contribution in [0.4, 0.5) is 0 Å². The number of benzene rings is 1. The molecule has 1 nitrogen and oxygen atoms in total. The first kappa shape index (κ1) is 9.31. The highest BCUT2D eigenvalue weighted by Crippen LogP contribution is 2.29. The largest absolute Gasteiger partial charge is 0.204 e. The molecule has 13 heavy (non-hydrogen) atoms. The molecular weight excluding hydrogens is 222 g/mol. The first-order valence-corrected chi connectivity index (χ1v) is 6.96. The third-order valence-corrected chi connectivity index (χ3v) is 5.06. The summed E-state index contributed by atoms with van der Waals surface area (Å²) in [7, 11) is 1.72. The van der Waals surface area contributed by atoms with E-state index in [1.807, 2.05) is 11.5 Å². The van der Waals surface area contributed by atoms with Gasteiger partial charge in [-0.1, -0.05) is 52.7 Å². The molecule has 1 aliphatic rings. The van der Waals surface area contributed by atoms with Crippen molar-refractivity contribution in [1.29, 1.82) is 0 Å². The van der Waals surface area contributed by atoms with Gasteiger partial charge in [-0.05, 0) is 15.3 Å². The Balaban J connectivity index is 2.05. The normalized spacial score (nSPS) is 21.0. The molecule has 0 spiro atoms. The summed E-state index contributed by atoms with van der Waals surface area (Å²) in [5.74, 6) is 0.984.